The van der Waals surface area contributed by atoms with Gasteiger partial charge in [0.25, 0.3) is 5.91 Å². The molecule has 0 spiro atoms. The Kier molecular flexibility index (Phi) is 6.82. The Bertz CT molecular complexity index is 847. The summed E-state index contributed by atoms with van der Waals surface area (Å²) in [6, 6.07) is 13.0. The second-order valence-corrected chi connectivity index (χ2v) is 7.32. The number of halogens is 1. The minimum atomic E-state index is -0.390. The molecule has 2 aromatic carbocycles. The van der Waals surface area contributed by atoms with Gasteiger partial charge in [-0.2, -0.15) is 0 Å². The molecule has 0 bridgehead atoms. The van der Waals surface area contributed by atoms with Gasteiger partial charge in [-0.1, -0.05) is 6.07 Å². The van der Waals surface area contributed by atoms with Gasteiger partial charge in [0.15, 0.2) is 0 Å². The minimum Gasteiger partial charge on any atom is -0.491 e. The lowest BCUT2D eigenvalue weighted by Crippen LogP contribution is -2.50. The van der Waals surface area contributed by atoms with Crippen molar-refractivity contribution in [2.45, 2.75) is 20.0 Å². The SMILES string of the molecule is CC(C)Oc1ccc(C(=O)N2CCN(CC(=O)Nc3cccc(F)c3)CC2)cc1. The van der Waals surface area contributed by atoms with Gasteiger partial charge in [-0.25, -0.2) is 4.39 Å². The Morgan fingerprint density at radius 1 is 1.07 bits per heavy atom. The number of nitrogens with zero attached hydrogens (tertiary/aromatic N) is 2. The van der Waals surface area contributed by atoms with Crippen LogP contribution in [0.3, 0.4) is 0 Å². The van der Waals surface area contributed by atoms with E-state index in [4.69, 9.17) is 4.74 Å². The predicted octanol–water partition coefficient (Wildman–Crippen LogP) is 3.01. The molecular formula is C22H26FN3O3. The van der Waals surface area contributed by atoms with Gasteiger partial charge in [-0.15, -0.1) is 0 Å². The van der Waals surface area contributed by atoms with Gasteiger partial charge in [-0.05, 0) is 56.3 Å². The summed E-state index contributed by atoms with van der Waals surface area (Å²) in [7, 11) is 0. The molecule has 1 fully saturated rings. The molecule has 29 heavy (non-hydrogen) atoms. The molecule has 1 N–H and O–H groups in total. The lowest BCUT2D eigenvalue weighted by atomic mass is 10.1. The lowest BCUT2D eigenvalue weighted by Gasteiger charge is -2.34. The molecule has 3 rings (SSSR count). The number of ether oxygens (including phenoxy) is 1. The van der Waals surface area contributed by atoms with Crippen LogP contribution in [0.5, 0.6) is 5.75 Å². The lowest BCUT2D eigenvalue weighted by molar-refractivity contribution is -0.117. The van der Waals surface area contributed by atoms with Crippen molar-refractivity contribution in [2.24, 2.45) is 0 Å². The molecular weight excluding hydrogens is 373 g/mol. The van der Waals surface area contributed by atoms with Crippen molar-refractivity contribution in [3.8, 4) is 5.75 Å². The van der Waals surface area contributed by atoms with Gasteiger partial charge in [-0.3, -0.25) is 14.5 Å². The molecule has 2 amide bonds. The summed E-state index contributed by atoms with van der Waals surface area (Å²) in [5, 5.41) is 2.70. The molecule has 0 atom stereocenters. The summed E-state index contributed by atoms with van der Waals surface area (Å²) in [4.78, 5) is 28.6. The summed E-state index contributed by atoms with van der Waals surface area (Å²) >= 11 is 0. The Balaban J connectivity index is 1.47. The zero-order valence-corrected chi connectivity index (χ0v) is 16.7. The summed E-state index contributed by atoms with van der Waals surface area (Å²) < 4.78 is 18.8. The van der Waals surface area contributed by atoms with Gasteiger partial charge < -0.3 is 15.0 Å². The van der Waals surface area contributed by atoms with Crippen LogP contribution in [0.2, 0.25) is 0 Å². The summed E-state index contributed by atoms with van der Waals surface area (Å²) in [5.74, 6) is 0.130. The van der Waals surface area contributed by atoms with Crippen LogP contribution in [0, 0.1) is 5.82 Å². The van der Waals surface area contributed by atoms with Crippen molar-refractivity contribution in [1.82, 2.24) is 9.80 Å². The molecule has 0 aliphatic carbocycles. The van der Waals surface area contributed by atoms with Crippen LogP contribution in [0.4, 0.5) is 10.1 Å². The maximum absolute atomic E-state index is 13.2. The smallest absolute Gasteiger partial charge is 0.253 e. The van der Waals surface area contributed by atoms with E-state index in [2.05, 4.69) is 5.32 Å². The fourth-order valence-electron chi connectivity index (χ4n) is 3.21. The highest BCUT2D eigenvalue weighted by Gasteiger charge is 2.23. The first-order valence-corrected chi connectivity index (χ1v) is 9.74. The van der Waals surface area contributed by atoms with Crippen molar-refractivity contribution in [3.63, 3.8) is 0 Å². The molecule has 0 aromatic heterocycles. The number of carbonyl (C=O) groups is 2. The Morgan fingerprint density at radius 3 is 2.38 bits per heavy atom. The van der Waals surface area contributed by atoms with Crippen molar-refractivity contribution in [3.05, 3.63) is 59.9 Å². The maximum atomic E-state index is 13.2. The van der Waals surface area contributed by atoms with E-state index < -0.39 is 5.82 Å². The van der Waals surface area contributed by atoms with Crippen LogP contribution < -0.4 is 10.1 Å². The Labute approximate surface area is 170 Å². The number of benzene rings is 2. The Hall–Kier alpha value is -2.93. The molecule has 1 aliphatic heterocycles. The van der Waals surface area contributed by atoms with E-state index in [0.29, 0.717) is 37.4 Å². The van der Waals surface area contributed by atoms with Crippen LogP contribution in [0.25, 0.3) is 0 Å². The number of hydrogen-bond donors (Lipinski definition) is 1. The fraction of sp³-hybridized carbons (Fsp3) is 0.364. The molecule has 6 nitrogen and oxygen atoms in total. The fourth-order valence-corrected chi connectivity index (χ4v) is 3.21. The second kappa shape index (κ2) is 9.52. The van der Waals surface area contributed by atoms with E-state index in [-0.39, 0.29) is 24.5 Å². The number of amides is 2. The first kappa shape index (κ1) is 20.8. The van der Waals surface area contributed by atoms with Crippen molar-refractivity contribution in [2.75, 3.05) is 38.0 Å². The molecule has 1 aliphatic rings. The number of piperazine rings is 1. The van der Waals surface area contributed by atoms with E-state index >= 15 is 0 Å². The van der Waals surface area contributed by atoms with E-state index in [1.54, 1.807) is 41.3 Å². The average Bonchev–Trinajstić information content (AvgIpc) is 2.68. The van der Waals surface area contributed by atoms with Gasteiger partial charge in [0.05, 0.1) is 12.6 Å². The molecule has 7 heteroatoms. The quantitative estimate of drug-likeness (QED) is 0.811. The predicted molar refractivity (Wildman–Crippen MR) is 110 cm³/mol. The monoisotopic (exact) mass is 399 g/mol. The number of rotatable bonds is 6. The van der Waals surface area contributed by atoms with Crippen LogP contribution in [-0.2, 0) is 4.79 Å². The minimum absolute atomic E-state index is 0.0232. The molecule has 1 saturated heterocycles. The molecule has 1 heterocycles. The van der Waals surface area contributed by atoms with Crippen LogP contribution in [-0.4, -0.2) is 60.4 Å². The maximum Gasteiger partial charge on any atom is 0.253 e. The number of carbonyl (C=O) groups excluding carboxylic acids is 2. The normalized spacial score (nSPS) is 14.7. The Morgan fingerprint density at radius 2 is 1.76 bits per heavy atom. The van der Waals surface area contributed by atoms with Crippen LogP contribution >= 0.6 is 0 Å². The van der Waals surface area contributed by atoms with Gasteiger partial charge >= 0.3 is 0 Å². The number of hydrogen-bond acceptors (Lipinski definition) is 4. The molecule has 2 aromatic rings. The largest absolute Gasteiger partial charge is 0.491 e. The highest BCUT2D eigenvalue weighted by atomic mass is 19.1. The molecule has 0 radical (unpaired) electrons. The van der Waals surface area contributed by atoms with Crippen molar-refractivity contribution >= 4 is 17.5 Å². The van der Waals surface area contributed by atoms with E-state index in [0.717, 1.165) is 5.75 Å². The van der Waals surface area contributed by atoms with Crippen LogP contribution in [0.15, 0.2) is 48.5 Å². The van der Waals surface area contributed by atoms with Crippen LogP contribution in [0.1, 0.15) is 24.2 Å². The molecule has 0 saturated carbocycles. The highest BCUT2D eigenvalue weighted by Crippen LogP contribution is 2.16. The summed E-state index contributed by atoms with van der Waals surface area (Å²) in [5.41, 5.74) is 1.06. The van der Waals surface area contributed by atoms with Crippen molar-refractivity contribution < 1.29 is 18.7 Å². The first-order valence-electron chi connectivity index (χ1n) is 9.74. The topological polar surface area (TPSA) is 61.9 Å². The highest BCUT2D eigenvalue weighted by molar-refractivity contribution is 5.94. The van der Waals surface area contributed by atoms with E-state index in [1.807, 2.05) is 18.7 Å². The standard InChI is InChI=1S/C22H26FN3O3/c1-16(2)29-20-8-6-17(7-9-20)22(28)26-12-10-25(11-13-26)15-21(27)24-19-5-3-4-18(23)14-19/h3-9,14,16H,10-13,15H2,1-2H3,(H,24,27). The number of nitrogens with one attached hydrogen (secondary N) is 1. The average molecular weight is 399 g/mol. The molecule has 154 valence electrons. The third-order valence-electron chi connectivity index (χ3n) is 4.61. The zero-order chi connectivity index (χ0) is 20.8. The molecule has 0 unspecified atom stereocenters. The van der Waals surface area contributed by atoms with Gasteiger partial charge in [0.2, 0.25) is 5.91 Å². The van der Waals surface area contributed by atoms with Crippen molar-refractivity contribution in [1.29, 1.82) is 0 Å². The third-order valence-corrected chi connectivity index (χ3v) is 4.61. The van der Waals surface area contributed by atoms with Gasteiger partial charge in [0.1, 0.15) is 11.6 Å². The van der Waals surface area contributed by atoms with Gasteiger partial charge in [0, 0.05) is 37.4 Å². The summed E-state index contributed by atoms with van der Waals surface area (Å²) in [6.45, 7) is 6.44. The zero-order valence-electron chi connectivity index (χ0n) is 16.7. The number of anilines is 1. The first-order chi connectivity index (χ1) is 13.9. The second-order valence-electron chi connectivity index (χ2n) is 7.32. The van der Waals surface area contributed by atoms with E-state index in [9.17, 15) is 14.0 Å². The van der Waals surface area contributed by atoms with E-state index in [1.165, 1.54) is 12.1 Å². The third kappa shape index (κ3) is 6.02. The summed E-state index contributed by atoms with van der Waals surface area (Å²) in [6.07, 6.45) is 0.0859.